The second-order valence-electron chi connectivity index (χ2n) is 4.41. The molecule has 1 heterocycles. The van der Waals surface area contributed by atoms with Crippen molar-refractivity contribution >= 4 is 22.5 Å². The number of H-pyrrole nitrogens is 1. The van der Waals surface area contributed by atoms with Crippen LogP contribution >= 0.6 is 11.6 Å². The highest BCUT2D eigenvalue weighted by Crippen LogP contribution is 2.39. The number of nitrogens with one attached hydrogen (secondary N) is 1. The fourth-order valence-electron chi connectivity index (χ4n) is 2.11. The zero-order chi connectivity index (χ0) is 15.0. The molecule has 0 saturated carbocycles. The van der Waals surface area contributed by atoms with Crippen molar-refractivity contribution in [3.8, 4) is 22.9 Å². The smallest absolute Gasteiger partial charge is 0.259 e. The van der Waals surface area contributed by atoms with Crippen LogP contribution in [0, 0.1) is 0 Å². The summed E-state index contributed by atoms with van der Waals surface area (Å²) >= 11 is 6.01. The monoisotopic (exact) mass is 302 g/mol. The number of aromatic hydroxyl groups is 1. The Bertz CT molecular complexity index is 890. The molecule has 5 nitrogen and oxygen atoms in total. The number of phenolic OH excluding ortho intramolecular Hbond substituents is 1. The van der Waals surface area contributed by atoms with Gasteiger partial charge in [-0.25, -0.2) is 4.98 Å². The molecule has 2 aromatic carbocycles. The molecule has 0 aliphatic carbocycles. The molecule has 0 aliphatic heterocycles. The van der Waals surface area contributed by atoms with Gasteiger partial charge in [-0.1, -0.05) is 23.7 Å². The number of rotatable bonds is 2. The summed E-state index contributed by atoms with van der Waals surface area (Å²) in [5.74, 6) is 0.413. The molecule has 21 heavy (non-hydrogen) atoms. The Morgan fingerprint density at radius 1 is 1.24 bits per heavy atom. The Kier molecular flexibility index (Phi) is 3.27. The lowest BCUT2D eigenvalue weighted by molar-refractivity contribution is 0.408. The third-order valence-electron chi connectivity index (χ3n) is 3.17. The van der Waals surface area contributed by atoms with E-state index in [1.807, 2.05) is 0 Å². The van der Waals surface area contributed by atoms with E-state index in [4.69, 9.17) is 16.3 Å². The molecule has 3 rings (SSSR count). The van der Waals surface area contributed by atoms with Gasteiger partial charge in [0.25, 0.3) is 5.56 Å². The first kappa shape index (κ1) is 13.5. The molecule has 0 unspecified atom stereocenters. The van der Waals surface area contributed by atoms with Crippen LogP contribution in [0.3, 0.4) is 0 Å². The van der Waals surface area contributed by atoms with E-state index in [0.717, 1.165) is 0 Å². The normalized spacial score (nSPS) is 10.8. The van der Waals surface area contributed by atoms with E-state index in [2.05, 4.69) is 9.97 Å². The number of aromatic amines is 1. The largest absolute Gasteiger partial charge is 0.505 e. The molecule has 0 saturated heterocycles. The number of ether oxygens (including phenoxy) is 1. The molecule has 1 aromatic heterocycles. The molecule has 0 amide bonds. The Morgan fingerprint density at radius 3 is 2.76 bits per heavy atom. The van der Waals surface area contributed by atoms with Crippen LogP contribution < -0.4 is 10.3 Å². The minimum Gasteiger partial charge on any atom is -0.505 e. The van der Waals surface area contributed by atoms with Crippen LogP contribution in [-0.4, -0.2) is 22.2 Å². The van der Waals surface area contributed by atoms with Gasteiger partial charge in [-0.2, -0.15) is 0 Å². The number of para-hydroxylation sites is 1. The quantitative estimate of drug-likeness (QED) is 0.763. The third-order valence-corrected chi connectivity index (χ3v) is 3.53. The maximum Gasteiger partial charge on any atom is 0.259 e. The maximum absolute atomic E-state index is 12.1. The van der Waals surface area contributed by atoms with Gasteiger partial charge in [0, 0.05) is 0 Å². The summed E-state index contributed by atoms with van der Waals surface area (Å²) in [6, 6.07) is 10.2. The van der Waals surface area contributed by atoms with Crippen molar-refractivity contribution in [3.05, 3.63) is 51.8 Å². The average Bonchev–Trinajstić information content (AvgIpc) is 2.50. The van der Waals surface area contributed by atoms with Crippen molar-refractivity contribution in [1.82, 2.24) is 9.97 Å². The number of nitrogens with zero attached hydrogens (tertiary/aromatic N) is 1. The van der Waals surface area contributed by atoms with Crippen LogP contribution in [0.5, 0.6) is 11.5 Å². The molecule has 106 valence electrons. The van der Waals surface area contributed by atoms with Gasteiger partial charge in [-0.15, -0.1) is 0 Å². The van der Waals surface area contributed by atoms with Crippen LogP contribution in [0.15, 0.2) is 41.2 Å². The molecule has 0 spiro atoms. The molecule has 0 bridgehead atoms. The highest BCUT2D eigenvalue weighted by molar-refractivity contribution is 6.34. The van der Waals surface area contributed by atoms with Gasteiger partial charge in [0.05, 0.1) is 23.6 Å². The second kappa shape index (κ2) is 5.10. The molecule has 2 N–H and O–H groups in total. The van der Waals surface area contributed by atoms with Crippen LogP contribution in [0.25, 0.3) is 22.3 Å². The highest BCUT2D eigenvalue weighted by atomic mass is 35.5. The topological polar surface area (TPSA) is 75.2 Å². The molecule has 0 radical (unpaired) electrons. The number of fused-ring (bicyclic) bond motifs is 1. The van der Waals surface area contributed by atoms with Crippen molar-refractivity contribution in [2.75, 3.05) is 7.11 Å². The highest BCUT2D eigenvalue weighted by Gasteiger charge is 2.15. The number of hydrogen-bond acceptors (Lipinski definition) is 4. The molecule has 0 fully saturated rings. The number of methoxy groups -OCH3 is 1. The summed E-state index contributed by atoms with van der Waals surface area (Å²) in [5.41, 5.74) is 0.605. The molecular formula is C15H11ClN2O3. The SMILES string of the molecule is COc1ccc(-c2nc3ccccc3c(=O)[nH]2)c(O)c1Cl. The minimum atomic E-state index is -0.276. The summed E-state index contributed by atoms with van der Waals surface area (Å²) in [6.07, 6.45) is 0. The summed E-state index contributed by atoms with van der Waals surface area (Å²) < 4.78 is 5.03. The van der Waals surface area contributed by atoms with E-state index in [1.54, 1.807) is 36.4 Å². The molecular weight excluding hydrogens is 292 g/mol. The number of benzene rings is 2. The van der Waals surface area contributed by atoms with Gasteiger partial charge < -0.3 is 14.8 Å². The Hall–Kier alpha value is -2.53. The first-order valence-corrected chi connectivity index (χ1v) is 6.54. The zero-order valence-corrected chi connectivity index (χ0v) is 11.8. The van der Waals surface area contributed by atoms with E-state index in [9.17, 15) is 9.90 Å². The van der Waals surface area contributed by atoms with Gasteiger partial charge in [-0.05, 0) is 24.3 Å². The fraction of sp³-hybridized carbons (Fsp3) is 0.0667. The van der Waals surface area contributed by atoms with Crippen molar-refractivity contribution in [2.45, 2.75) is 0 Å². The Balaban J connectivity index is 2.26. The van der Waals surface area contributed by atoms with E-state index >= 15 is 0 Å². The zero-order valence-electron chi connectivity index (χ0n) is 11.1. The first-order valence-electron chi connectivity index (χ1n) is 6.16. The summed E-state index contributed by atoms with van der Waals surface area (Å²) in [4.78, 5) is 19.1. The maximum atomic E-state index is 12.1. The van der Waals surface area contributed by atoms with Crippen LogP contribution in [0.2, 0.25) is 5.02 Å². The summed E-state index contributed by atoms with van der Waals surface area (Å²) in [7, 11) is 1.45. The van der Waals surface area contributed by atoms with Crippen LogP contribution in [0.1, 0.15) is 0 Å². The predicted octanol–water partition coefficient (Wildman–Crippen LogP) is 2.96. The molecule has 6 heteroatoms. The predicted molar refractivity (Wildman–Crippen MR) is 81.0 cm³/mol. The summed E-state index contributed by atoms with van der Waals surface area (Å²) in [6.45, 7) is 0. The lowest BCUT2D eigenvalue weighted by Gasteiger charge is -2.09. The van der Waals surface area contributed by atoms with E-state index in [0.29, 0.717) is 22.2 Å². The van der Waals surface area contributed by atoms with Crippen LogP contribution in [-0.2, 0) is 0 Å². The minimum absolute atomic E-state index is 0.0748. The third kappa shape index (κ3) is 2.21. The van der Waals surface area contributed by atoms with Gasteiger partial charge in [0.2, 0.25) is 0 Å². The van der Waals surface area contributed by atoms with Gasteiger partial charge in [0.1, 0.15) is 22.3 Å². The first-order chi connectivity index (χ1) is 10.1. The fourth-order valence-corrected chi connectivity index (χ4v) is 2.35. The summed E-state index contributed by atoms with van der Waals surface area (Å²) in [5, 5.41) is 10.7. The van der Waals surface area contributed by atoms with Gasteiger partial charge >= 0.3 is 0 Å². The van der Waals surface area contributed by atoms with Crippen molar-refractivity contribution in [2.24, 2.45) is 0 Å². The van der Waals surface area contributed by atoms with Crippen LogP contribution in [0.4, 0.5) is 0 Å². The Labute approximate surface area is 124 Å². The standard InChI is InChI=1S/C15H11ClN2O3/c1-21-11-7-6-9(13(19)12(11)16)14-17-10-5-3-2-4-8(10)15(20)18-14/h2-7,19H,1H3,(H,17,18,20). The van der Waals surface area contributed by atoms with E-state index in [1.165, 1.54) is 7.11 Å². The number of phenols is 1. The lowest BCUT2D eigenvalue weighted by atomic mass is 10.1. The van der Waals surface area contributed by atoms with Gasteiger partial charge in [0.15, 0.2) is 0 Å². The average molecular weight is 303 g/mol. The van der Waals surface area contributed by atoms with Crippen molar-refractivity contribution in [1.29, 1.82) is 0 Å². The number of halogens is 1. The molecule has 3 aromatic rings. The molecule has 0 aliphatic rings. The van der Waals surface area contributed by atoms with E-state index in [-0.39, 0.29) is 22.2 Å². The van der Waals surface area contributed by atoms with Crippen molar-refractivity contribution < 1.29 is 9.84 Å². The van der Waals surface area contributed by atoms with E-state index < -0.39 is 0 Å². The van der Waals surface area contributed by atoms with Gasteiger partial charge in [-0.3, -0.25) is 4.79 Å². The number of hydrogen-bond donors (Lipinski definition) is 2. The lowest BCUT2D eigenvalue weighted by Crippen LogP contribution is -2.09. The molecule has 0 atom stereocenters. The Morgan fingerprint density at radius 2 is 2.00 bits per heavy atom. The number of aromatic nitrogens is 2. The second-order valence-corrected chi connectivity index (χ2v) is 4.79. The van der Waals surface area contributed by atoms with Crippen molar-refractivity contribution in [3.63, 3.8) is 0 Å².